The number of nitrogens with two attached hydrogens (primary N) is 1. The monoisotopic (exact) mass is 346 g/mol. The van der Waals surface area contributed by atoms with Gasteiger partial charge in [0, 0.05) is 12.6 Å². The van der Waals surface area contributed by atoms with Gasteiger partial charge >= 0.3 is 0 Å². The van der Waals surface area contributed by atoms with E-state index in [1.165, 1.54) is 0 Å². The lowest BCUT2D eigenvalue weighted by atomic mass is 10.1. The minimum absolute atomic E-state index is 0.434. The summed E-state index contributed by atoms with van der Waals surface area (Å²) in [5, 5.41) is 1.71. The van der Waals surface area contributed by atoms with Crippen LogP contribution in [-0.4, -0.2) is 4.98 Å². The number of ether oxygens (including phenoxy) is 1. The van der Waals surface area contributed by atoms with Crippen LogP contribution in [0.5, 0.6) is 11.5 Å². The van der Waals surface area contributed by atoms with Gasteiger partial charge in [0.15, 0.2) is 0 Å². The van der Waals surface area contributed by atoms with E-state index >= 15 is 0 Å². The Hall–Kier alpha value is -3.51. The maximum Gasteiger partial charge on any atom is 0.148 e. The van der Waals surface area contributed by atoms with Crippen molar-refractivity contribution in [3.8, 4) is 11.5 Å². The molecule has 0 radical (unpaired) electrons. The van der Waals surface area contributed by atoms with Gasteiger partial charge in [0.2, 0.25) is 0 Å². The third-order valence-corrected chi connectivity index (χ3v) is 3.90. The summed E-state index contributed by atoms with van der Waals surface area (Å²) in [6.45, 7) is 0. The van der Waals surface area contributed by atoms with Gasteiger partial charge in [-0.25, -0.2) is 9.99 Å². The lowest BCUT2D eigenvalue weighted by molar-refractivity contribution is 0.127. The van der Waals surface area contributed by atoms with E-state index in [0.717, 1.165) is 28.5 Å². The van der Waals surface area contributed by atoms with Crippen molar-refractivity contribution in [1.29, 1.82) is 0 Å². The lowest BCUT2D eigenvalue weighted by Crippen LogP contribution is -2.28. The molecule has 1 aliphatic rings. The Morgan fingerprint density at radius 1 is 0.962 bits per heavy atom. The number of allylic oxidation sites excluding steroid dienone is 1. The predicted molar refractivity (Wildman–Crippen MR) is 100 cm³/mol. The summed E-state index contributed by atoms with van der Waals surface area (Å²) in [7, 11) is 0. The molecule has 0 bridgehead atoms. The Bertz CT molecular complexity index is 911. The summed E-state index contributed by atoms with van der Waals surface area (Å²) in [4.78, 5) is 9.60. The van der Waals surface area contributed by atoms with Gasteiger partial charge in [0.05, 0.1) is 6.20 Å². The molecule has 0 saturated carbocycles. The zero-order chi connectivity index (χ0) is 17.8. The molecule has 130 valence electrons. The van der Waals surface area contributed by atoms with Crippen LogP contribution < -0.4 is 21.1 Å². The standard InChI is InChI=1S/C20H18N4O2/c21-20-19(7-4-12-22-20)24-14-18(26-23-24)13-15-8-10-17(11-9-15)25-16-5-2-1-3-6-16/h1-12,14,23H,13H2,(H2,21,22). The Kier molecular flexibility index (Phi) is 4.40. The van der Waals surface area contributed by atoms with Crippen LogP contribution in [0.4, 0.5) is 11.5 Å². The largest absolute Gasteiger partial charge is 0.457 e. The molecule has 4 rings (SSSR count). The average molecular weight is 346 g/mol. The molecule has 0 saturated heterocycles. The minimum Gasteiger partial charge on any atom is -0.457 e. The van der Waals surface area contributed by atoms with Crippen LogP contribution in [0.15, 0.2) is 84.9 Å². The van der Waals surface area contributed by atoms with Gasteiger partial charge in [-0.05, 0) is 42.0 Å². The highest BCUT2D eigenvalue weighted by Crippen LogP contribution is 2.25. The highest BCUT2D eigenvalue weighted by atomic mass is 16.7. The molecular weight excluding hydrogens is 328 g/mol. The van der Waals surface area contributed by atoms with E-state index in [1.54, 1.807) is 11.2 Å². The van der Waals surface area contributed by atoms with Crippen molar-refractivity contribution in [2.24, 2.45) is 0 Å². The molecule has 0 aliphatic carbocycles. The van der Waals surface area contributed by atoms with E-state index in [9.17, 15) is 0 Å². The van der Waals surface area contributed by atoms with E-state index in [2.05, 4.69) is 10.6 Å². The molecule has 0 spiro atoms. The van der Waals surface area contributed by atoms with Crippen molar-refractivity contribution < 1.29 is 9.57 Å². The molecular formula is C20H18N4O2. The minimum atomic E-state index is 0.434. The number of aromatic nitrogens is 1. The number of nitrogen functional groups attached to an aromatic ring is 1. The molecule has 2 heterocycles. The Labute approximate surface area is 151 Å². The molecule has 3 N–H and O–H groups in total. The topological polar surface area (TPSA) is 72.6 Å². The molecule has 3 aromatic rings. The highest BCUT2D eigenvalue weighted by Gasteiger charge is 2.17. The Morgan fingerprint density at radius 3 is 2.50 bits per heavy atom. The number of benzene rings is 2. The van der Waals surface area contributed by atoms with Crippen LogP contribution >= 0.6 is 0 Å². The molecule has 6 heteroatoms. The number of hydrogen-bond acceptors (Lipinski definition) is 6. The van der Waals surface area contributed by atoms with Crippen molar-refractivity contribution in [2.45, 2.75) is 6.42 Å². The van der Waals surface area contributed by atoms with Gasteiger partial charge in [-0.15, -0.1) is 0 Å². The first-order chi connectivity index (χ1) is 12.8. The van der Waals surface area contributed by atoms with Gasteiger partial charge in [-0.2, -0.15) is 0 Å². The van der Waals surface area contributed by atoms with Crippen LogP contribution in [-0.2, 0) is 11.3 Å². The fourth-order valence-electron chi connectivity index (χ4n) is 2.62. The second-order valence-corrected chi connectivity index (χ2v) is 5.80. The quantitative estimate of drug-likeness (QED) is 0.732. The number of nitrogens with one attached hydrogen (secondary N) is 1. The molecule has 0 fully saturated rings. The molecule has 26 heavy (non-hydrogen) atoms. The summed E-state index contributed by atoms with van der Waals surface area (Å²) in [6, 6.07) is 21.3. The fraction of sp³-hybridized carbons (Fsp3) is 0.0500. The number of rotatable bonds is 5. The highest BCUT2D eigenvalue weighted by molar-refractivity contribution is 5.64. The van der Waals surface area contributed by atoms with Gasteiger partial charge in [-0.1, -0.05) is 35.9 Å². The second-order valence-electron chi connectivity index (χ2n) is 5.80. The summed E-state index contributed by atoms with van der Waals surface area (Å²) in [5.74, 6) is 2.83. The molecule has 0 atom stereocenters. The number of para-hydroxylation sites is 1. The maximum absolute atomic E-state index is 5.89. The van der Waals surface area contributed by atoms with Crippen molar-refractivity contribution in [3.63, 3.8) is 0 Å². The molecule has 2 aromatic carbocycles. The molecule has 1 aromatic heterocycles. The number of pyridine rings is 1. The van der Waals surface area contributed by atoms with Crippen molar-refractivity contribution in [3.05, 3.63) is 90.4 Å². The summed E-state index contributed by atoms with van der Waals surface area (Å²) < 4.78 is 5.80. The smallest absolute Gasteiger partial charge is 0.148 e. The van der Waals surface area contributed by atoms with Crippen LogP contribution in [0.1, 0.15) is 5.56 Å². The second kappa shape index (κ2) is 7.16. The first-order valence-electron chi connectivity index (χ1n) is 8.23. The molecule has 0 amide bonds. The SMILES string of the molecule is Nc1ncccc1N1C=C(Cc2ccc(Oc3ccccc3)cc2)ON1. The first-order valence-corrected chi connectivity index (χ1v) is 8.23. The van der Waals surface area contributed by atoms with Crippen molar-refractivity contribution >= 4 is 11.5 Å². The summed E-state index contributed by atoms with van der Waals surface area (Å²) in [5.41, 5.74) is 10.6. The predicted octanol–water partition coefficient (Wildman–Crippen LogP) is 3.80. The molecule has 0 unspecified atom stereocenters. The van der Waals surface area contributed by atoms with Crippen LogP contribution in [0.25, 0.3) is 0 Å². The zero-order valence-electron chi connectivity index (χ0n) is 14.0. The fourth-order valence-corrected chi connectivity index (χ4v) is 2.62. The van der Waals surface area contributed by atoms with E-state index in [1.807, 2.05) is 72.9 Å². The normalized spacial score (nSPS) is 13.2. The van der Waals surface area contributed by atoms with Gasteiger partial charge in [0.1, 0.15) is 28.8 Å². The number of hydrazine groups is 1. The van der Waals surface area contributed by atoms with E-state index < -0.39 is 0 Å². The van der Waals surface area contributed by atoms with E-state index in [0.29, 0.717) is 12.2 Å². The number of hydrogen-bond donors (Lipinski definition) is 2. The van der Waals surface area contributed by atoms with Gasteiger partial charge in [-0.3, -0.25) is 0 Å². The van der Waals surface area contributed by atoms with Crippen LogP contribution in [0.2, 0.25) is 0 Å². The Morgan fingerprint density at radius 2 is 1.73 bits per heavy atom. The average Bonchev–Trinajstić information content (AvgIpc) is 3.13. The summed E-state index contributed by atoms with van der Waals surface area (Å²) >= 11 is 0. The van der Waals surface area contributed by atoms with Crippen LogP contribution in [0, 0.1) is 0 Å². The summed E-state index contributed by atoms with van der Waals surface area (Å²) in [6.07, 6.45) is 4.16. The zero-order valence-corrected chi connectivity index (χ0v) is 14.0. The maximum atomic E-state index is 5.89. The van der Waals surface area contributed by atoms with E-state index in [4.69, 9.17) is 15.3 Å². The van der Waals surface area contributed by atoms with E-state index in [-0.39, 0.29) is 0 Å². The molecule has 1 aliphatic heterocycles. The van der Waals surface area contributed by atoms with Gasteiger partial charge < -0.3 is 15.3 Å². The first kappa shape index (κ1) is 16.0. The lowest BCUT2D eigenvalue weighted by Gasteiger charge is -2.14. The van der Waals surface area contributed by atoms with Crippen molar-refractivity contribution in [2.75, 3.05) is 10.7 Å². The number of nitrogens with zero attached hydrogens (tertiary/aromatic N) is 2. The Balaban J connectivity index is 1.41. The van der Waals surface area contributed by atoms with Gasteiger partial charge in [0.25, 0.3) is 0 Å². The third kappa shape index (κ3) is 3.60. The van der Waals surface area contributed by atoms with Crippen molar-refractivity contribution in [1.82, 2.24) is 10.6 Å². The molecule has 6 nitrogen and oxygen atoms in total. The number of anilines is 2. The third-order valence-electron chi connectivity index (χ3n) is 3.90. The van der Waals surface area contributed by atoms with Crippen LogP contribution in [0.3, 0.4) is 0 Å².